The standard InChI is InChI=1S/C11H12ClN3O4/c12-8-3-1-7(2-4-8)5-9(15-19)10(17)14-11(18)13-6-16/h1-4,6,9,15,19H,5H2,(H2,13,14,16,17,18). The van der Waals surface area contributed by atoms with Crippen LogP contribution in [0.4, 0.5) is 4.79 Å². The lowest BCUT2D eigenvalue weighted by atomic mass is 10.1. The molecule has 0 heterocycles. The van der Waals surface area contributed by atoms with Crippen molar-refractivity contribution in [2.24, 2.45) is 0 Å². The van der Waals surface area contributed by atoms with Crippen molar-refractivity contribution in [1.82, 2.24) is 16.1 Å². The van der Waals surface area contributed by atoms with Gasteiger partial charge in [0.2, 0.25) is 12.3 Å². The molecule has 1 rings (SSSR count). The van der Waals surface area contributed by atoms with E-state index in [0.717, 1.165) is 5.56 Å². The van der Waals surface area contributed by atoms with Crippen LogP contribution >= 0.6 is 11.6 Å². The van der Waals surface area contributed by atoms with Crippen LogP contribution in [0.25, 0.3) is 0 Å². The highest BCUT2D eigenvalue weighted by Gasteiger charge is 2.20. The molecule has 0 bridgehead atoms. The van der Waals surface area contributed by atoms with Crippen molar-refractivity contribution in [3.05, 3.63) is 34.9 Å². The van der Waals surface area contributed by atoms with Crippen LogP contribution < -0.4 is 16.1 Å². The molecule has 102 valence electrons. The maximum Gasteiger partial charge on any atom is 0.327 e. The molecule has 0 radical (unpaired) electrons. The van der Waals surface area contributed by atoms with Crippen LogP contribution in [0, 0.1) is 0 Å². The van der Waals surface area contributed by atoms with E-state index in [9.17, 15) is 14.4 Å². The Morgan fingerprint density at radius 3 is 2.47 bits per heavy atom. The zero-order valence-electron chi connectivity index (χ0n) is 9.72. The molecule has 4 amide bonds. The minimum atomic E-state index is -1.03. The van der Waals surface area contributed by atoms with Gasteiger partial charge in [0, 0.05) is 5.02 Å². The van der Waals surface area contributed by atoms with Crippen LogP contribution in [0.1, 0.15) is 5.56 Å². The number of rotatable bonds is 5. The van der Waals surface area contributed by atoms with E-state index in [-0.39, 0.29) is 12.8 Å². The molecule has 0 saturated carbocycles. The molecule has 0 fully saturated rings. The fourth-order valence-electron chi connectivity index (χ4n) is 1.34. The quantitative estimate of drug-likeness (QED) is 0.457. The maximum absolute atomic E-state index is 11.6. The van der Waals surface area contributed by atoms with Crippen LogP contribution in [0.15, 0.2) is 24.3 Å². The summed E-state index contributed by atoms with van der Waals surface area (Å²) in [6, 6.07) is 4.66. The third kappa shape index (κ3) is 5.04. The van der Waals surface area contributed by atoms with Crippen LogP contribution in [0.5, 0.6) is 0 Å². The minimum absolute atomic E-state index is 0.142. The largest absolute Gasteiger partial charge is 0.327 e. The van der Waals surface area contributed by atoms with Gasteiger partial charge in [0.05, 0.1) is 0 Å². The lowest BCUT2D eigenvalue weighted by Crippen LogP contribution is -2.49. The number of hydrogen-bond acceptors (Lipinski definition) is 5. The molecule has 8 heteroatoms. The van der Waals surface area contributed by atoms with Gasteiger partial charge in [0.15, 0.2) is 0 Å². The molecule has 0 aliphatic carbocycles. The Hall–Kier alpha value is -1.96. The van der Waals surface area contributed by atoms with Gasteiger partial charge in [-0.2, -0.15) is 5.48 Å². The third-order valence-corrected chi connectivity index (χ3v) is 2.50. The first kappa shape index (κ1) is 15.1. The van der Waals surface area contributed by atoms with Gasteiger partial charge in [-0.1, -0.05) is 23.7 Å². The molecular formula is C11H12ClN3O4. The second kappa shape index (κ2) is 7.47. The van der Waals surface area contributed by atoms with Gasteiger partial charge in [0.25, 0.3) is 0 Å². The molecule has 0 spiro atoms. The normalized spacial score (nSPS) is 11.5. The number of benzene rings is 1. The number of carbonyl (C=O) groups excluding carboxylic acids is 3. The minimum Gasteiger partial charge on any atom is -0.316 e. The predicted octanol–water partition coefficient (Wildman–Crippen LogP) is 0.212. The van der Waals surface area contributed by atoms with Gasteiger partial charge < -0.3 is 5.21 Å². The first-order valence-electron chi connectivity index (χ1n) is 5.26. The van der Waals surface area contributed by atoms with Crippen molar-refractivity contribution < 1.29 is 19.6 Å². The van der Waals surface area contributed by atoms with E-state index in [1.165, 1.54) is 0 Å². The van der Waals surface area contributed by atoms with Gasteiger partial charge >= 0.3 is 6.03 Å². The topological polar surface area (TPSA) is 108 Å². The van der Waals surface area contributed by atoms with Crippen LogP contribution in [-0.4, -0.2) is 29.6 Å². The van der Waals surface area contributed by atoms with Crippen molar-refractivity contribution in [3.8, 4) is 0 Å². The van der Waals surface area contributed by atoms with E-state index < -0.39 is 18.0 Å². The first-order valence-corrected chi connectivity index (χ1v) is 5.63. The van der Waals surface area contributed by atoms with E-state index in [1.807, 2.05) is 5.32 Å². The third-order valence-electron chi connectivity index (χ3n) is 2.25. The zero-order chi connectivity index (χ0) is 14.3. The van der Waals surface area contributed by atoms with Gasteiger partial charge in [-0.3, -0.25) is 20.2 Å². The summed E-state index contributed by atoms with van der Waals surface area (Å²) in [5, 5.41) is 13.1. The monoisotopic (exact) mass is 285 g/mol. The molecule has 1 unspecified atom stereocenters. The Balaban J connectivity index is 2.62. The van der Waals surface area contributed by atoms with Crippen LogP contribution in [0.3, 0.4) is 0 Å². The zero-order valence-corrected chi connectivity index (χ0v) is 10.5. The SMILES string of the molecule is O=CNC(=O)NC(=O)C(Cc1ccc(Cl)cc1)NO. The van der Waals surface area contributed by atoms with E-state index in [1.54, 1.807) is 35.1 Å². The summed E-state index contributed by atoms with van der Waals surface area (Å²) >= 11 is 5.72. The fraction of sp³-hybridized carbons (Fsp3) is 0.182. The highest BCUT2D eigenvalue weighted by Crippen LogP contribution is 2.11. The Morgan fingerprint density at radius 1 is 1.32 bits per heavy atom. The summed E-state index contributed by atoms with van der Waals surface area (Å²) in [5.41, 5.74) is 2.54. The van der Waals surface area contributed by atoms with E-state index >= 15 is 0 Å². The highest BCUT2D eigenvalue weighted by molar-refractivity contribution is 6.30. The van der Waals surface area contributed by atoms with Gasteiger partial charge in [0.1, 0.15) is 6.04 Å². The van der Waals surface area contributed by atoms with Gasteiger partial charge in [-0.15, -0.1) is 0 Å². The summed E-state index contributed by atoms with van der Waals surface area (Å²) < 4.78 is 0. The molecular weight excluding hydrogens is 274 g/mol. The second-order valence-corrected chi connectivity index (χ2v) is 4.03. The molecule has 7 nitrogen and oxygen atoms in total. The summed E-state index contributed by atoms with van der Waals surface area (Å²) in [6.45, 7) is 0. The number of halogens is 1. The smallest absolute Gasteiger partial charge is 0.316 e. The van der Waals surface area contributed by atoms with Crippen molar-refractivity contribution in [2.45, 2.75) is 12.5 Å². The molecule has 0 aliphatic heterocycles. The van der Waals surface area contributed by atoms with Crippen LogP contribution in [-0.2, 0) is 16.0 Å². The molecule has 4 N–H and O–H groups in total. The molecule has 0 aliphatic rings. The van der Waals surface area contributed by atoms with E-state index in [0.29, 0.717) is 5.02 Å². The molecule has 1 aromatic rings. The first-order chi connectivity index (χ1) is 9.06. The van der Waals surface area contributed by atoms with Crippen molar-refractivity contribution in [1.29, 1.82) is 0 Å². The van der Waals surface area contributed by atoms with Gasteiger partial charge in [-0.05, 0) is 24.1 Å². The predicted molar refractivity (Wildman–Crippen MR) is 66.6 cm³/mol. The highest BCUT2D eigenvalue weighted by atomic mass is 35.5. The Bertz CT molecular complexity index is 464. The number of imide groups is 2. The summed E-state index contributed by atoms with van der Waals surface area (Å²) in [7, 11) is 0. The lowest BCUT2D eigenvalue weighted by Gasteiger charge is -2.14. The average molecular weight is 286 g/mol. The number of amides is 4. The number of carbonyl (C=O) groups is 3. The average Bonchev–Trinajstić information content (AvgIpc) is 2.38. The van der Waals surface area contributed by atoms with Crippen LogP contribution in [0.2, 0.25) is 5.02 Å². The number of hydrogen-bond donors (Lipinski definition) is 4. The maximum atomic E-state index is 11.6. The van der Waals surface area contributed by atoms with Crippen molar-refractivity contribution in [2.75, 3.05) is 0 Å². The molecule has 0 aromatic heterocycles. The lowest BCUT2D eigenvalue weighted by molar-refractivity contribution is -0.124. The summed E-state index contributed by atoms with van der Waals surface area (Å²) in [4.78, 5) is 32.6. The van der Waals surface area contributed by atoms with E-state index in [4.69, 9.17) is 16.8 Å². The van der Waals surface area contributed by atoms with E-state index in [2.05, 4.69) is 0 Å². The molecule has 19 heavy (non-hydrogen) atoms. The Morgan fingerprint density at radius 2 is 1.95 bits per heavy atom. The van der Waals surface area contributed by atoms with Crippen molar-refractivity contribution in [3.63, 3.8) is 0 Å². The Kier molecular flexibility index (Phi) is 5.94. The van der Waals surface area contributed by atoms with Gasteiger partial charge in [-0.25, -0.2) is 4.79 Å². The Labute approximate surface area is 113 Å². The molecule has 1 aromatic carbocycles. The summed E-state index contributed by atoms with van der Waals surface area (Å²) in [6.07, 6.45) is 0.289. The fourth-order valence-corrected chi connectivity index (χ4v) is 1.47. The summed E-state index contributed by atoms with van der Waals surface area (Å²) in [5.74, 6) is -0.767. The second-order valence-electron chi connectivity index (χ2n) is 3.59. The number of nitrogens with one attached hydrogen (secondary N) is 3. The molecule has 0 saturated heterocycles. The number of urea groups is 1. The van der Waals surface area contributed by atoms with Crippen molar-refractivity contribution >= 4 is 29.9 Å². The number of hydroxylamine groups is 1. The molecule has 1 atom stereocenters.